The number of aryl methyl sites for hydroxylation is 1. The van der Waals surface area contributed by atoms with E-state index in [1.807, 2.05) is 4.72 Å². The zero-order valence-electron chi connectivity index (χ0n) is 13.4. The average Bonchev–Trinajstić information content (AvgIpc) is 2.93. The maximum Gasteiger partial charge on any atom is 0.335 e. The summed E-state index contributed by atoms with van der Waals surface area (Å²) < 4.78 is 37.9. The number of nitrogens with one attached hydrogen (secondary N) is 2. The van der Waals surface area contributed by atoms with E-state index in [1.165, 1.54) is 43.1 Å². The Hall–Kier alpha value is -2.50. The minimum atomic E-state index is -4.28. The number of carbonyl (C=O) groups excluding carboxylic acids is 1. The van der Waals surface area contributed by atoms with Gasteiger partial charge < -0.3 is 9.47 Å². The molecule has 140 valence electrons. The summed E-state index contributed by atoms with van der Waals surface area (Å²) >= 11 is 11.0. The molecule has 0 aliphatic heterocycles. The van der Waals surface area contributed by atoms with Crippen LogP contribution in [0.2, 0.25) is 0 Å². The molecule has 26 heavy (non-hydrogen) atoms. The number of carbonyl (C=O) groups is 1. The van der Waals surface area contributed by atoms with Gasteiger partial charge in [0.1, 0.15) is 10.6 Å². The highest BCUT2D eigenvalue weighted by molar-refractivity contribution is 7.90. The van der Waals surface area contributed by atoms with E-state index in [1.54, 1.807) is 0 Å². The Bertz CT molecular complexity index is 944. The normalized spacial score (nSPS) is 11.8. The molecule has 0 radical (unpaired) electrons. The molecule has 13 heteroatoms. The molecule has 0 unspecified atom stereocenters. The molecule has 2 amide bonds. The number of aromatic nitrogens is 3. The predicted molar refractivity (Wildman–Crippen MR) is 93.8 cm³/mol. The van der Waals surface area contributed by atoms with Crippen molar-refractivity contribution >= 4 is 45.2 Å². The molecule has 0 aliphatic carbocycles. The van der Waals surface area contributed by atoms with Gasteiger partial charge in [0.2, 0.25) is 5.22 Å². The van der Waals surface area contributed by atoms with Gasteiger partial charge in [-0.1, -0.05) is 23.7 Å². The quantitative estimate of drug-likeness (QED) is 0.683. The number of nitrogens with zero attached hydrogens (tertiary/aromatic N) is 3. The van der Waals surface area contributed by atoms with Gasteiger partial charge in [-0.25, -0.2) is 22.6 Å². The summed E-state index contributed by atoms with van der Waals surface area (Å²) in [6, 6.07) is 4.60. The second kappa shape index (κ2) is 8.25. The fourth-order valence-electron chi connectivity index (χ4n) is 1.79. The highest BCUT2D eigenvalue weighted by Gasteiger charge is 2.23. The lowest BCUT2D eigenvalue weighted by Gasteiger charge is -2.11. The molecule has 10 nitrogen and oxygen atoms in total. The standard InChI is InChI=1S/C13H13Cl2N5O5S/c1-20-13(24-2)17-11(18-20)16-12(21)19-26(22,23)9-6-4-3-5-8(9)25-10(15)7-14/h3-7H,1-2H3,(H2,16,18,19,21)/b10-7+. The SMILES string of the molecule is COc1nc(NC(=O)NS(=O)(=O)c2ccccc2O/C(Cl)=C/Cl)nn1C. The van der Waals surface area contributed by atoms with Gasteiger partial charge in [0, 0.05) is 7.05 Å². The van der Waals surface area contributed by atoms with E-state index < -0.39 is 16.1 Å². The smallest absolute Gasteiger partial charge is 0.335 e. The number of benzene rings is 1. The first-order valence-electron chi connectivity index (χ1n) is 6.78. The molecule has 1 aromatic heterocycles. The lowest BCUT2D eigenvalue weighted by atomic mass is 10.3. The highest BCUT2D eigenvalue weighted by atomic mass is 35.5. The number of hydrogen-bond acceptors (Lipinski definition) is 7. The Labute approximate surface area is 158 Å². The molecule has 1 aromatic carbocycles. The number of anilines is 1. The van der Waals surface area contributed by atoms with E-state index in [9.17, 15) is 13.2 Å². The van der Waals surface area contributed by atoms with E-state index in [0.29, 0.717) is 0 Å². The van der Waals surface area contributed by atoms with Crippen LogP contribution in [0.15, 0.2) is 39.9 Å². The van der Waals surface area contributed by atoms with Crippen molar-refractivity contribution in [3.63, 3.8) is 0 Å². The number of hydrogen-bond donors (Lipinski definition) is 2. The lowest BCUT2D eigenvalue weighted by Crippen LogP contribution is -2.34. The lowest BCUT2D eigenvalue weighted by molar-refractivity contribution is 0.256. The third-order valence-corrected chi connectivity index (χ3v) is 4.66. The fraction of sp³-hybridized carbons (Fsp3) is 0.154. The maximum absolute atomic E-state index is 12.4. The topological polar surface area (TPSA) is 124 Å². The monoisotopic (exact) mass is 421 g/mol. The molecule has 0 saturated carbocycles. The molecule has 0 bridgehead atoms. The van der Waals surface area contributed by atoms with E-state index in [4.69, 9.17) is 32.7 Å². The zero-order valence-corrected chi connectivity index (χ0v) is 15.8. The van der Waals surface area contributed by atoms with Crippen molar-refractivity contribution < 1.29 is 22.7 Å². The van der Waals surface area contributed by atoms with Crippen molar-refractivity contribution in [3.05, 3.63) is 35.0 Å². The summed E-state index contributed by atoms with van der Waals surface area (Å²) in [6.45, 7) is 0. The maximum atomic E-state index is 12.4. The first-order valence-corrected chi connectivity index (χ1v) is 9.08. The van der Waals surface area contributed by atoms with Crippen molar-refractivity contribution in [1.29, 1.82) is 0 Å². The first kappa shape index (κ1) is 19.8. The molecule has 2 rings (SSSR count). The number of methoxy groups -OCH3 is 1. The second-order valence-electron chi connectivity index (χ2n) is 4.57. The summed E-state index contributed by atoms with van der Waals surface area (Å²) in [5, 5.41) is 5.78. The Morgan fingerprint density at radius 3 is 2.65 bits per heavy atom. The third-order valence-electron chi connectivity index (χ3n) is 2.79. The predicted octanol–water partition coefficient (Wildman–Crippen LogP) is 1.99. The Morgan fingerprint density at radius 1 is 1.35 bits per heavy atom. The summed E-state index contributed by atoms with van der Waals surface area (Å²) in [4.78, 5) is 15.5. The summed E-state index contributed by atoms with van der Waals surface area (Å²) in [6.07, 6.45) is 0. The van der Waals surface area contributed by atoms with Crippen LogP contribution < -0.4 is 19.5 Å². The van der Waals surface area contributed by atoms with Gasteiger partial charge in [0.05, 0.1) is 12.6 Å². The molecule has 0 fully saturated rings. The Balaban J connectivity index is 2.19. The van der Waals surface area contributed by atoms with Gasteiger partial charge in [-0.15, -0.1) is 5.10 Å². The summed E-state index contributed by atoms with van der Waals surface area (Å²) in [7, 11) is -1.38. The van der Waals surface area contributed by atoms with E-state index >= 15 is 0 Å². The van der Waals surface area contributed by atoms with Crippen molar-refractivity contribution in [2.24, 2.45) is 7.05 Å². The molecule has 2 aromatic rings. The van der Waals surface area contributed by atoms with Gasteiger partial charge in [-0.2, -0.15) is 4.98 Å². The second-order valence-corrected chi connectivity index (χ2v) is 6.81. The number of amides is 2. The average molecular weight is 422 g/mol. The van der Waals surface area contributed by atoms with Crippen LogP contribution in [0.3, 0.4) is 0 Å². The van der Waals surface area contributed by atoms with Crippen molar-refractivity contribution in [1.82, 2.24) is 19.5 Å². The number of rotatable bonds is 6. The van der Waals surface area contributed by atoms with Crippen LogP contribution in [-0.4, -0.2) is 36.3 Å². The number of ether oxygens (including phenoxy) is 2. The highest BCUT2D eigenvalue weighted by Crippen LogP contribution is 2.26. The van der Waals surface area contributed by atoms with Crippen LogP contribution in [0.5, 0.6) is 11.8 Å². The minimum Gasteiger partial charge on any atom is -0.467 e. The molecule has 0 atom stereocenters. The van der Waals surface area contributed by atoms with Crippen molar-refractivity contribution in [2.45, 2.75) is 4.90 Å². The molecule has 0 spiro atoms. The van der Waals surface area contributed by atoms with Crippen LogP contribution >= 0.6 is 23.2 Å². The van der Waals surface area contributed by atoms with Gasteiger partial charge in [-0.05, 0) is 23.7 Å². The molecule has 1 heterocycles. The van der Waals surface area contributed by atoms with Gasteiger partial charge >= 0.3 is 12.0 Å². The molecule has 0 saturated heterocycles. The van der Waals surface area contributed by atoms with E-state index in [0.717, 1.165) is 5.54 Å². The zero-order chi connectivity index (χ0) is 19.3. The number of halogens is 2. The number of urea groups is 1. The van der Waals surface area contributed by atoms with E-state index in [-0.39, 0.29) is 27.8 Å². The fourth-order valence-corrected chi connectivity index (χ4v) is 2.95. The first-order chi connectivity index (χ1) is 12.3. The summed E-state index contributed by atoms with van der Waals surface area (Å²) in [5.41, 5.74) is 0.922. The largest absolute Gasteiger partial charge is 0.467 e. The summed E-state index contributed by atoms with van der Waals surface area (Å²) in [5.74, 6) is -0.262. The van der Waals surface area contributed by atoms with Crippen LogP contribution in [0.1, 0.15) is 0 Å². The minimum absolute atomic E-state index is 0.118. The van der Waals surface area contributed by atoms with Crippen LogP contribution in [0, 0.1) is 0 Å². The molecule has 0 aliphatic rings. The van der Waals surface area contributed by atoms with Gasteiger partial charge in [0.25, 0.3) is 16.0 Å². The van der Waals surface area contributed by atoms with Gasteiger partial charge in [-0.3, -0.25) is 5.32 Å². The van der Waals surface area contributed by atoms with E-state index in [2.05, 4.69) is 15.4 Å². The van der Waals surface area contributed by atoms with Crippen LogP contribution in [0.25, 0.3) is 0 Å². The molecular weight excluding hydrogens is 409 g/mol. The van der Waals surface area contributed by atoms with Crippen LogP contribution in [-0.2, 0) is 17.1 Å². The van der Waals surface area contributed by atoms with Crippen LogP contribution in [0.4, 0.5) is 10.7 Å². The van der Waals surface area contributed by atoms with Gasteiger partial charge in [0.15, 0.2) is 0 Å². The molecule has 2 N–H and O–H groups in total. The Morgan fingerprint density at radius 2 is 2.04 bits per heavy atom. The van der Waals surface area contributed by atoms with Crippen molar-refractivity contribution in [2.75, 3.05) is 12.4 Å². The third kappa shape index (κ3) is 4.77. The number of para-hydroxylation sites is 1. The molecular formula is C13H13Cl2N5O5S. The Kier molecular flexibility index (Phi) is 6.29. The number of sulfonamides is 1. The van der Waals surface area contributed by atoms with Crippen molar-refractivity contribution in [3.8, 4) is 11.8 Å².